The Morgan fingerprint density at radius 3 is 2.48 bits per heavy atom. The van der Waals surface area contributed by atoms with E-state index >= 15 is 0 Å². The van der Waals surface area contributed by atoms with E-state index in [2.05, 4.69) is 5.10 Å². The van der Waals surface area contributed by atoms with Gasteiger partial charge < -0.3 is 4.74 Å². The highest BCUT2D eigenvalue weighted by atomic mass is 35.5. The summed E-state index contributed by atoms with van der Waals surface area (Å²) in [6, 6.07) is 13.9. The van der Waals surface area contributed by atoms with Crippen LogP contribution in [0.4, 0.5) is 0 Å². The van der Waals surface area contributed by atoms with Gasteiger partial charge in [0.25, 0.3) is 5.56 Å². The topological polar surface area (TPSA) is 61.2 Å². The first-order chi connectivity index (χ1) is 11.1. The van der Waals surface area contributed by atoms with E-state index in [0.29, 0.717) is 15.8 Å². The fourth-order valence-electron chi connectivity index (χ4n) is 2.25. The number of carbonyl (C=O) groups is 1. The summed E-state index contributed by atoms with van der Waals surface area (Å²) in [4.78, 5) is 24.4. The molecule has 0 unspecified atom stereocenters. The van der Waals surface area contributed by atoms with Crippen molar-refractivity contribution in [1.82, 2.24) is 9.78 Å². The lowest BCUT2D eigenvalue weighted by Crippen LogP contribution is -2.23. The van der Waals surface area contributed by atoms with Crippen molar-refractivity contribution in [3.8, 4) is 0 Å². The molecule has 2 aromatic carbocycles. The molecule has 0 fully saturated rings. The molecule has 3 rings (SSSR count). The second-order valence-corrected chi connectivity index (χ2v) is 5.46. The van der Waals surface area contributed by atoms with Crippen LogP contribution in [0.2, 0.25) is 5.02 Å². The fraction of sp³-hybridized carbons (Fsp3) is 0.118. The molecule has 3 aromatic rings. The number of ether oxygens (including phenoxy) is 1. The minimum atomic E-state index is -0.577. The van der Waals surface area contributed by atoms with Gasteiger partial charge in [0.2, 0.25) is 0 Å². The lowest BCUT2D eigenvalue weighted by molar-refractivity contribution is 0.0465. The zero-order chi connectivity index (χ0) is 16.4. The maximum Gasteiger partial charge on any atom is 0.359 e. The molecule has 0 aliphatic rings. The Balaban J connectivity index is 1.90. The van der Waals surface area contributed by atoms with Crippen molar-refractivity contribution in [3.05, 3.63) is 75.2 Å². The molecule has 6 heteroatoms. The lowest BCUT2D eigenvalue weighted by Gasteiger charge is -2.08. The molecule has 0 saturated heterocycles. The van der Waals surface area contributed by atoms with E-state index < -0.39 is 5.97 Å². The van der Waals surface area contributed by atoms with Crippen LogP contribution in [0.15, 0.2) is 53.3 Å². The summed E-state index contributed by atoms with van der Waals surface area (Å²) in [7, 11) is 1.50. The monoisotopic (exact) mass is 328 g/mol. The molecule has 5 nitrogen and oxygen atoms in total. The molecule has 0 amide bonds. The number of esters is 1. The van der Waals surface area contributed by atoms with Crippen molar-refractivity contribution in [2.24, 2.45) is 7.05 Å². The highest BCUT2D eigenvalue weighted by molar-refractivity contribution is 6.30. The lowest BCUT2D eigenvalue weighted by atomic mass is 10.1. The maximum absolute atomic E-state index is 12.3. The van der Waals surface area contributed by atoms with Gasteiger partial charge in [0.1, 0.15) is 6.61 Å². The number of aryl methyl sites for hydroxylation is 1. The fourth-order valence-corrected chi connectivity index (χ4v) is 2.37. The Bertz CT molecular complexity index is 933. The van der Waals surface area contributed by atoms with Crippen LogP contribution >= 0.6 is 11.6 Å². The second kappa shape index (κ2) is 6.22. The first-order valence-electron chi connectivity index (χ1n) is 6.94. The molecule has 0 aliphatic carbocycles. The van der Waals surface area contributed by atoms with Gasteiger partial charge in [-0.1, -0.05) is 41.9 Å². The van der Waals surface area contributed by atoms with Crippen molar-refractivity contribution < 1.29 is 9.53 Å². The van der Waals surface area contributed by atoms with Gasteiger partial charge in [-0.05, 0) is 23.8 Å². The molecule has 1 aromatic heterocycles. The van der Waals surface area contributed by atoms with Gasteiger partial charge in [-0.25, -0.2) is 9.48 Å². The Hall–Kier alpha value is -2.66. The average Bonchev–Trinajstić information content (AvgIpc) is 2.57. The predicted octanol–water partition coefficient (Wildman–Crippen LogP) is 2.94. The van der Waals surface area contributed by atoms with Gasteiger partial charge in [0.05, 0.1) is 5.39 Å². The van der Waals surface area contributed by atoms with E-state index in [-0.39, 0.29) is 17.9 Å². The van der Waals surface area contributed by atoms with Gasteiger partial charge in [-0.2, -0.15) is 5.10 Å². The second-order valence-electron chi connectivity index (χ2n) is 5.03. The molecule has 0 N–H and O–H groups in total. The van der Waals surface area contributed by atoms with Crippen molar-refractivity contribution in [3.63, 3.8) is 0 Å². The number of carbonyl (C=O) groups excluding carboxylic acids is 1. The molecule has 1 heterocycles. The summed E-state index contributed by atoms with van der Waals surface area (Å²) in [5, 5.41) is 5.57. The number of benzene rings is 2. The molecule has 0 bridgehead atoms. The predicted molar refractivity (Wildman–Crippen MR) is 87.6 cm³/mol. The van der Waals surface area contributed by atoms with E-state index in [1.54, 1.807) is 48.5 Å². The zero-order valence-corrected chi connectivity index (χ0v) is 13.1. The highest BCUT2D eigenvalue weighted by Gasteiger charge is 2.16. The third-order valence-corrected chi connectivity index (χ3v) is 3.69. The summed E-state index contributed by atoms with van der Waals surface area (Å²) in [5.74, 6) is -0.577. The minimum absolute atomic E-state index is 0.106. The molecule has 0 aliphatic heterocycles. The van der Waals surface area contributed by atoms with Crippen LogP contribution in [-0.4, -0.2) is 15.7 Å². The van der Waals surface area contributed by atoms with Crippen LogP contribution in [0.5, 0.6) is 0 Å². The minimum Gasteiger partial charge on any atom is -0.456 e. The zero-order valence-electron chi connectivity index (χ0n) is 12.3. The number of hydrogen-bond acceptors (Lipinski definition) is 4. The summed E-state index contributed by atoms with van der Waals surface area (Å²) < 4.78 is 6.44. The first-order valence-corrected chi connectivity index (χ1v) is 7.31. The van der Waals surface area contributed by atoms with E-state index in [1.807, 2.05) is 0 Å². The third kappa shape index (κ3) is 3.10. The highest BCUT2D eigenvalue weighted by Crippen LogP contribution is 2.15. The van der Waals surface area contributed by atoms with Crippen molar-refractivity contribution in [2.75, 3.05) is 0 Å². The largest absolute Gasteiger partial charge is 0.456 e. The molecule has 23 heavy (non-hydrogen) atoms. The summed E-state index contributed by atoms with van der Waals surface area (Å²) in [6.07, 6.45) is 0. The van der Waals surface area contributed by atoms with Crippen LogP contribution in [0.1, 0.15) is 16.1 Å². The molecule has 116 valence electrons. The van der Waals surface area contributed by atoms with Crippen molar-refractivity contribution >= 4 is 28.3 Å². The smallest absolute Gasteiger partial charge is 0.359 e. The quantitative estimate of drug-likeness (QED) is 0.693. The third-order valence-electron chi connectivity index (χ3n) is 3.43. The van der Waals surface area contributed by atoms with E-state index in [1.165, 1.54) is 7.05 Å². The van der Waals surface area contributed by atoms with E-state index in [0.717, 1.165) is 10.2 Å². The van der Waals surface area contributed by atoms with Crippen LogP contribution < -0.4 is 5.56 Å². The summed E-state index contributed by atoms with van der Waals surface area (Å²) >= 11 is 5.82. The average molecular weight is 329 g/mol. The van der Waals surface area contributed by atoms with Crippen LogP contribution in [0.3, 0.4) is 0 Å². The molecular weight excluding hydrogens is 316 g/mol. The molecule has 0 radical (unpaired) electrons. The SMILES string of the molecule is Cn1nc(C(=O)OCc2ccc(Cl)cc2)c2ccccc2c1=O. The number of hydrogen-bond donors (Lipinski definition) is 0. The van der Waals surface area contributed by atoms with Crippen LogP contribution in [-0.2, 0) is 18.4 Å². The number of aromatic nitrogens is 2. The number of rotatable bonds is 3. The first kappa shape index (κ1) is 15.2. The Morgan fingerprint density at radius 1 is 1.13 bits per heavy atom. The van der Waals surface area contributed by atoms with Gasteiger partial charge in [0, 0.05) is 17.5 Å². The Labute approximate surface area is 137 Å². The van der Waals surface area contributed by atoms with Crippen LogP contribution in [0.25, 0.3) is 10.8 Å². The summed E-state index contributed by atoms with van der Waals surface area (Å²) in [6.45, 7) is 0.106. The maximum atomic E-state index is 12.3. The molecule has 0 atom stereocenters. The Kier molecular flexibility index (Phi) is 4.12. The number of fused-ring (bicyclic) bond motifs is 1. The van der Waals surface area contributed by atoms with Gasteiger partial charge >= 0.3 is 5.97 Å². The molecular formula is C17H13ClN2O3. The van der Waals surface area contributed by atoms with Gasteiger partial charge in [0.15, 0.2) is 5.69 Å². The number of nitrogens with zero attached hydrogens (tertiary/aromatic N) is 2. The Morgan fingerprint density at radius 2 is 1.78 bits per heavy atom. The molecule has 0 spiro atoms. The molecule has 0 saturated carbocycles. The normalized spacial score (nSPS) is 10.7. The van der Waals surface area contributed by atoms with Gasteiger partial charge in [-0.3, -0.25) is 4.79 Å². The van der Waals surface area contributed by atoms with Crippen molar-refractivity contribution in [1.29, 1.82) is 0 Å². The van der Waals surface area contributed by atoms with Crippen LogP contribution in [0, 0.1) is 0 Å². The van der Waals surface area contributed by atoms with E-state index in [9.17, 15) is 9.59 Å². The standard InChI is InChI=1S/C17H13ClN2O3/c1-20-16(21)14-5-3-2-4-13(14)15(19-20)17(22)23-10-11-6-8-12(18)9-7-11/h2-9H,10H2,1H3. The van der Waals surface area contributed by atoms with Gasteiger partial charge in [-0.15, -0.1) is 0 Å². The van der Waals surface area contributed by atoms with Crippen molar-refractivity contribution in [2.45, 2.75) is 6.61 Å². The summed E-state index contributed by atoms with van der Waals surface area (Å²) in [5.41, 5.74) is 0.684. The van der Waals surface area contributed by atoms with E-state index in [4.69, 9.17) is 16.3 Å². The number of halogens is 1.